The predicted molar refractivity (Wildman–Crippen MR) is 102 cm³/mol. The average molecular weight is 355 g/mol. The van der Waals surface area contributed by atoms with Gasteiger partial charge in [-0.25, -0.2) is 4.79 Å². The topological polar surface area (TPSA) is 69.6 Å². The molecular weight excluding hydrogens is 316 g/mol. The molecule has 1 aliphatic heterocycles. The van der Waals surface area contributed by atoms with E-state index in [2.05, 4.69) is 12.2 Å². The van der Waals surface area contributed by atoms with E-state index in [-0.39, 0.29) is 11.8 Å². The molecule has 1 saturated heterocycles. The minimum Gasteiger partial charge on any atom is -0.465 e. The van der Waals surface area contributed by atoms with Crippen LogP contribution >= 0.6 is 0 Å². The fourth-order valence-electron chi connectivity index (χ4n) is 3.47. The fourth-order valence-corrected chi connectivity index (χ4v) is 3.47. The lowest BCUT2D eigenvalue weighted by Crippen LogP contribution is -2.34. The molecule has 5 nitrogen and oxygen atoms in total. The Morgan fingerprint density at radius 3 is 1.92 bits per heavy atom. The van der Waals surface area contributed by atoms with E-state index in [1.165, 1.54) is 75.5 Å². The van der Waals surface area contributed by atoms with Gasteiger partial charge in [-0.2, -0.15) is 0 Å². The number of carbonyl (C=O) groups is 2. The Hall–Kier alpha value is -1.26. The van der Waals surface area contributed by atoms with Crippen molar-refractivity contribution in [1.82, 2.24) is 10.2 Å². The molecule has 0 aromatic carbocycles. The summed E-state index contributed by atoms with van der Waals surface area (Å²) in [4.78, 5) is 24.2. The average Bonchev–Trinajstić information content (AvgIpc) is 3.09. The number of nitrogens with zero attached hydrogens (tertiary/aromatic N) is 1. The summed E-state index contributed by atoms with van der Waals surface area (Å²) >= 11 is 0. The van der Waals surface area contributed by atoms with E-state index >= 15 is 0 Å². The van der Waals surface area contributed by atoms with E-state index < -0.39 is 6.09 Å². The second-order valence-electron chi connectivity index (χ2n) is 7.39. The number of amides is 2. The molecule has 1 rings (SSSR count). The summed E-state index contributed by atoms with van der Waals surface area (Å²) in [6.45, 7) is 3.80. The van der Waals surface area contributed by atoms with Crippen molar-refractivity contribution in [3.63, 3.8) is 0 Å². The molecule has 0 spiro atoms. The van der Waals surface area contributed by atoms with Crippen LogP contribution in [0.5, 0.6) is 0 Å². The fraction of sp³-hybridized carbons (Fsp3) is 0.900. The molecule has 25 heavy (non-hydrogen) atoms. The maximum absolute atomic E-state index is 12.0. The summed E-state index contributed by atoms with van der Waals surface area (Å²) in [6, 6.07) is 0. The molecule has 0 unspecified atom stereocenters. The van der Waals surface area contributed by atoms with Crippen LogP contribution < -0.4 is 5.32 Å². The Morgan fingerprint density at radius 2 is 1.44 bits per heavy atom. The summed E-state index contributed by atoms with van der Waals surface area (Å²) in [7, 11) is 0. The molecule has 0 radical (unpaired) electrons. The van der Waals surface area contributed by atoms with E-state index in [1.54, 1.807) is 0 Å². The van der Waals surface area contributed by atoms with Gasteiger partial charge in [-0.1, -0.05) is 77.6 Å². The number of unbranched alkanes of at least 4 members (excludes halogenated alkanes) is 11. The van der Waals surface area contributed by atoms with Crippen molar-refractivity contribution >= 4 is 12.0 Å². The Morgan fingerprint density at radius 1 is 0.920 bits per heavy atom. The highest BCUT2D eigenvalue weighted by Gasteiger charge is 2.30. The lowest BCUT2D eigenvalue weighted by atomic mass is 10.1. The number of rotatable bonds is 14. The maximum Gasteiger partial charge on any atom is 0.407 e. The van der Waals surface area contributed by atoms with Crippen LogP contribution in [0.2, 0.25) is 0 Å². The van der Waals surface area contributed by atoms with Gasteiger partial charge >= 0.3 is 6.09 Å². The van der Waals surface area contributed by atoms with Gasteiger partial charge < -0.3 is 15.3 Å². The van der Waals surface area contributed by atoms with Crippen molar-refractivity contribution in [2.75, 3.05) is 19.6 Å². The van der Waals surface area contributed by atoms with E-state index in [1.807, 2.05) is 0 Å². The molecular formula is C20H38N2O3. The number of carboxylic acid groups (broad SMARTS) is 1. The summed E-state index contributed by atoms with van der Waals surface area (Å²) in [5.74, 6) is -0.139. The molecule has 2 N–H and O–H groups in total. The van der Waals surface area contributed by atoms with Gasteiger partial charge in [0.25, 0.3) is 0 Å². The third-order valence-corrected chi connectivity index (χ3v) is 5.16. The van der Waals surface area contributed by atoms with Crippen LogP contribution in [0.3, 0.4) is 0 Å². The zero-order valence-corrected chi connectivity index (χ0v) is 16.1. The molecule has 146 valence electrons. The first-order valence-electron chi connectivity index (χ1n) is 10.4. The Bertz CT molecular complexity index is 374. The van der Waals surface area contributed by atoms with Crippen LogP contribution in [-0.2, 0) is 4.79 Å². The Balaban J connectivity index is 1.84. The zero-order chi connectivity index (χ0) is 18.3. The monoisotopic (exact) mass is 354 g/mol. The van der Waals surface area contributed by atoms with E-state index in [4.69, 9.17) is 5.11 Å². The molecule has 0 aromatic heterocycles. The van der Waals surface area contributed by atoms with Gasteiger partial charge in [-0.05, 0) is 12.8 Å². The van der Waals surface area contributed by atoms with Gasteiger partial charge in [0.15, 0.2) is 0 Å². The van der Waals surface area contributed by atoms with Gasteiger partial charge in [-0.3, -0.25) is 4.79 Å². The molecule has 0 aromatic rings. The Kier molecular flexibility index (Phi) is 12.2. The Labute approximate surface area is 153 Å². The van der Waals surface area contributed by atoms with Crippen LogP contribution in [0.25, 0.3) is 0 Å². The van der Waals surface area contributed by atoms with Crippen LogP contribution in [0, 0.1) is 5.92 Å². The van der Waals surface area contributed by atoms with Gasteiger partial charge in [-0.15, -0.1) is 0 Å². The van der Waals surface area contributed by atoms with Crippen molar-refractivity contribution in [2.45, 2.75) is 90.4 Å². The van der Waals surface area contributed by atoms with E-state index in [9.17, 15) is 9.59 Å². The third-order valence-electron chi connectivity index (χ3n) is 5.16. The standard InChI is InChI=1S/C20H38N2O3/c1-2-3-4-5-6-7-8-9-10-11-12-13-15-21-19(23)18-14-16-22(17-18)20(24)25/h18H,2-17H2,1H3,(H,21,23)(H,24,25)/t18-/m1/s1. The molecule has 0 aliphatic carbocycles. The van der Waals surface area contributed by atoms with Crippen LogP contribution in [-0.4, -0.2) is 41.6 Å². The summed E-state index contributed by atoms with van der Waals surface area (Å²) in [6.07, 6.45) is 15.5. The van der Waals surface area contributed by atoms with Crippen LogP contribution in [0.1, 0.15) is 90.4 Å². The van der Waals surface area contributed by atoms with Gasteiger partial charge in [0.2, 0.25) is 5.91 Å². The first-order chi connectivity index (χ1) is 12.1. The second kappa shape index (κ2) is 14.0. The van der Waals surface area contributed by atoms with Crippen LogP contribution in [0.15, 0.2) is 0 Å². The molecule has 1 fully saturated rings. The second-order valence-corrected chi connectivity index (χ2v) is 7.39. The number of likely N-dealkylation sites (tertiary alicyclic amines) is 1. The highest BCUT2D eigenvalue weighted by Crippen LogP contribution is 2.16. The minimum absolute atomic E-state index is 0.0202. The lowest BCUT2D eigenvalue weighted by Gasteiger charge is -2.12. The summed E-state index contributed by atoms with van der Waals surface area (Å²) in [5.41, 5.74) is 0. The molecule has 0 bridgehead atoms. The van der Waals surface area contributed by atoms with E-state index in [0.29, 0.717) is 19.5 Å². The number of hydrogen-bond donors (Lipinski definition) is 2. The van der Waals surface area contributed by atoms with Crippen molar-refractivity contribution in [1.29, 1.82) is 0 Å². The minimum atomic E-state index is -0.920. The quantitative estimate of drug-likeness (QED) is 0.440. The highest BCUT2D eigenvalue weighted by atomic mass is 16.4. The molecule has 2 amide bonds. The number of carbonyl (C=O) groups excluding carboxylic acids is 1. The molecule has 0 saturated carbocycles. The number of hydrogen-bond acceptors (Lipinski definition) is 2. The summed E-state index contributed by atoms with van der Waals surface area (Å²) < 4.78 is 0. The first-order valence-corrected chi connectivity index (χ1v) is 10.4. The SMILES string of the molecule is CCCCCCCCCCCCCCNC(=O)[C@@H]1CCN(C(=O)O)C1. The number of nitrogens with one attached hydrogen (secondary N) is 1. The molecule has 1 aliphatic rings. The largest absolute Gasteiger partial charge is 0.465 e. The molecule has 1 heterocycles. The molecule has 1 atom stereocenters. The van der Waals surface area contributed by atoms with Gasteiger partial charge in [0.1, 0.15) is 0 Å². The van der Waals surface area contributed by atoms with Crippen molar-refractivity contribution in [3.8, 4) is 0 Å². The maximum atomic E-state index is 12.0. The van der Waals surface area contributed by atoms with Gasteiger partial charge in [0.05, 0.1) is 5.92 Å². The third kappa shape index (κ3) is 10.4. The van der Waals surface area contributed by atoms with Crippen LogP contribution in [0.4, 0.5) is 4.79 Å². The highest BCUT2D eigenvalue weighted by molar-refractivity contribution is 5.80. The zero-order valence-electron chi connectivity index (χ0n) is 16.1. The van der Waals surface area contributed by atoms with E-state index in [0.717, 1.165) is 13.0 Å². The first kappa shape index (κ1) is 21.8. The summed E-state index contributed by atoms with van der Waals surface area (Å²) in [5, 5.41) is 11.9. The molecule has 5 heteroatoms. The smallest absolute Gasteiger partial charge is 0.407 e. The van der Waals surface area contributed by atoms with Crippen molar-refractivity contribution in [3.05, 3.63) is 0 Å². The predicted octanol–water partition coefficient (Wildman–Crippen LogP) is 4.80. The van der Waals surface area contributed by atoms with Gasteiger partial charge in [0, 0.05) is 19.6 Å². The van der Waals surface area contributed by atoms with Crippen molar-refractivity contribution < 1.29 is 14.7 Å². The van der Waals surface area contributed by atoms with Crippen molar-refractivity contribution in [2.24, 2.45) is 5.92 Å². The lowest BCUT2D eigenvalue weighted by molar-refractivity contribution is -0.124. The normalized spacial score (nSPS) is 17.0.